The smallest absolute Gasteiger partial charge is 0.137 e. The van der Waals surface area contributed by atoms with Gasteiger partial charge >= 0.3 is 0 Å². The first-order chi connectivity index (χ1) is 9.72. The standard InChI is InChI=1S/C14H15BrFN3O/c15-12-5-10(1-2-13(12)16)14-8-19(3-4-20-14)7-11-6-17-9-18-11/h1-2,5-6,9,14H,3-4,7-8H2,(H,17,18). The maximum atomic E-state index is 13.3. The van der Waals surface area contributed by atoms with Crippen LogP contribution in [0.5, 0.6) is 0 Å². The lowest BCUT2D eigenvalue weighted by Gasteiger charge is -2.32. The van der Waals surface area contributed by atoms with E-state index in [9.17, 15) is 4.39 Å². The summed E-state index contributed by atoms with van der Waals surface area (Å²) in [6.45, 7) is 3.17. The van der Waals surface area contributed by atoms with Crippen LogP contribution in [-0.2, 0) is 11.3 Å². The molecular formula is C14H15BrFN3O. The van der Waals surface area contributed by atoms with E-state index < -0.39 is 0 Å². The van der Waals surface area contributed by atoms with Gasteiger partial charge < -0.3 is 9.72 Å². The molecule has 1 saturated heterocycles. The number of hydrogen-bond acceptors (Lipinski definition) is 3. The maximum absolute atomic E-state index is 13.3. The second-order valence-corrected chi connectivity index (χ2v) is 5.70. The molecular weight excluding hydrogens is 325 g/mol. The molecule has 106 valence electrons. The number of H-pyrrole nitrogens is 1. The molecule has 1 aromatic heterocycles. The van der Waals surface area contributed by atoms with Crippen molar-refractivity contribution in [2.45, 2.75) is 12.6 Å². The number of morpholine rings is 1. The van der Waals surface area contributed by atoms with E-state index in [0.29, 0.717) is 11.1 Å². The van der Waals surface area contributed by atoms with Gasteiger partial charge in [0.2, 0.25) is 0 Å². The van der Waals surface area contributed by atoms with Crippen LogP contribution in [0.15, 0.2) is 35.2 Å². The van der Waals surface area contributed by atoms with Gasteiger partial charge in [0, 0.05) is 31.5 Å². The maximum Gasteiger partial charge on any atom is 0.137 e. The van der Waals surface area contributed by atoms with Crippen molar-refractivity contribution in [1.29, 1.82) is 0 Å². The van der Waals surface area contributed by atoms with Gasteiger partial charge in [-0.05, 0) is 33.6 Å². The van der Waals surface area contributed by atoms with Crippen molar-refractivity contribution < 1.29 is 9.13 Å². The van der Waals surface area contributed by atoms with Gasteiger partial charge in [-0.3, -0.25) is 4.90 Å². The fourth-order valence-electron chi connectivity index (χ4n) is 2.37. The number of nitrogens with zero attached hydrogens (tertiary/aromatic N) is 2. The highest BCUT2D eigenvalue weighted by atomic mass is 79.9. The Kier molecular flexibility index (Phi) is 4.14. The first-order valence-corrected chi connectivity index (χ1v) is 7.28. The molecule has 0 amide bonds. The van der Waals surface area contributed by atoms with Gasteiger partial charge in [0.1, 0.15) is 5.82 Å². The van der Waals surface area contributed by atoms with E-state index in [4.69, 9.17) is 4.74 Å². The topological polar surface area (TPSA) is 41.2 Å². The molecule has 0 spiro atoms. The summed E-state index contributed by atoms with van der Waals surface area (Å²) >= 11 is 3.22. The second kappa shape index (κ2) is 6.03. The highest BCUT2D eigenvalue weighted by Gasteiger charge is 2.22. The van der Waals surface area contributed by atoms with E-state index in [1.807, 2.05) is 6.20 Å². The summed E-state index contributed by atoms with van der Waals surface area (Å²) in [6.07, 6.45) is 3.49. The molecule has 1 unspecified atom stereocenters. The van der Waals surface area contributed by atoms with Gasteiger partial charge in [-0.25, -0.2) is 9.37 Å². The fraction of sp³-hybridized carbons (Fsp3) is 0.357. The SMILES string of the molecule is Fc1ccc(C2CN(Cc3cnc[nH]3)CCO2)cc1Br. The summed E-state index contributed by atoms with van der Waals surface area (Å²) in [5, 5.41) is 0. The average Bonchev–Trinajstić information content (AvgIpc) is 2.95. The van der Waals surface area contributed by atoms with Crippen LogP contribution < -0.4 is 0 Å². The fourth-order valence-corrected chi connectivity index (χ4v) is 2.77. The highest BCUT2D eigenvalue weighted by Crippen LogP contribution is 2.26. The Morgan fingerprint density at radius 1 is 1.50 bits per heavy atom. The zero-order chi connectivity index (χ0) is 13.9. The number of halogens is 2. The van der Waals surface area contributed by atoms with Gasteiger partial charge in [-0.15, -0.1) is 0 Å². The zero-order valence-electron chi connectivity index (χ0n) is 10.9. The number of rotatable bonds is 3. The molecule has 1 aliphatic heterocycles. The summed E-state index contributed by atoms with van der Waals surface area (Å²) in [6, 6.07) is 5.04. The van der Waals surface area contributed by atoms with Crippen LogP contribution in [0.2, 0.25) is 0 Å². The number of benzene rings is 1. The normalized spacial score (nSPS) is 20.2. The summed E-state index contributed by atoms with van der Waals surface area (Å²) in [7, 11) is 0. The molecule has 1 N–H and O–H groups in total. The van der Waals surface area contributed by atoms with Crippen LogP contribution >= 0.6 is 15.9 Å². The Labute approximate surface area is 125 Å². The number of ether oxygens (including phenoxy) is 1. The Balaban J connectivity index is 1.69. The molecule has 0 bridgehead atoms. The van der Waals surface area contributed by atoms with E-state index in [1.54, 1.807) is 18.5 Å². The quantitative estimate of drug-likeness (QED) is 0.934. The average molecular weight is 340 g/mol. The van der Waals surface area contributed by atoms with Crippen molar-refractivity contribution in [2.24, 2.45) is 0 Å². The van der Waals surface area contributed by atoms with Crippen LogP contribution in [-0.4, -0.2) is 34.6 Å². The Morgan fingerprint density at radius 3 is 3.15 bits per heavy atom. The third-order valence-electron chi connectivity index (χ3n) is 3.41. The number of nitrogens with one attached hydrogen (secondary N) is 1. The first kappa shape index (κ1) is 13.7. The molecule has 0 saturated carbocycles. The number of imidazole rings is 1. The van der Waals surface area contributed by atoms with E-state index >= 15 is 0 Å². The molecule has 1 fully saturated rings. The van der Waals surface area contributed by atoms with E-state index in [2.05, 4.69) is 30.8 Å². The van der Waals surface area contributed by atoms with E-state index in [-0.39, 0.29) is 11.9 Å². The minimum atomic E-state index is -0.251. The highest BCUT2D eigenvalue weighted by molar-refractivity contribution is 9.10. The van der Waals surface area contributed by atoms with Crippen LogP contribution in [0.1, 0.15) is 17.4 Å². The summed E-state index contributed by atoms with van der Waals surface area (Å²) in [4.78, 5) is 9.43. The van der Waals surface area contributed by atoms with Crippen LogP contribution in [0.3, 0.4) is 0 Å². The Bertz CT molecular complexity index is 576. The summed E-state index contributed by atoms with van der Waals surface area (Å²) in [5.41, 5.74) is 2.08. The Hall–Kier alpha value is -1.24. The number of hydrogen-bond donors (Lipinski definition) is 1. The van der Waals surface area contributed by atoms with Crippen molar-refractivity contribution in [3.05, 3.63) is 52.3 Å². The van der Waals surface area contributed by atoms with Gasteiger partial charge in [0.05, 0.1) is 23.5 Å². The molecule has 6 heteroatoms. The van der Waals surface area contributed by atoms with Gasteiger partial charge in [-0.2, -0.15) is 0 Å². The van der Waals surface area contributed by atoms with Crippen molar-refractivity contribution in [2.75, 3.05) is 19.7 Å². The molecule has 2 heterocycles. The van der Waals surface area contributed by atoms with Crippen LogP contribution in [0.4, 0.5) is 4.39 Å². The molecule has 0 radical (unpaired) electrons. The molecule has 0 aliphatic carbocycles. The van der Waals surface area contributed by atoms with Crippen molar-refractivity contribution in [3.63, 3.8) is 0 Å². The molecule has 4 nitrogen and oxygen atoms in total. The predicted octanol–water partition coefficient (Wildman–Crippen LogP) is 2.88. The Morgan fingerprint density at radius 2 is 2.40 bits per heavy atom. The zero-order valence-corrected chi connectivity index (χ0v) is 12.4. The van der Waals surface area contributed by atoms with E-state index in [0.717, 1.165) is 30.9 Å². The summed E-state index contributed by atoms with van der Waals surface area (Å²) in [5.74, 6) is -0.251. The number of aromatic nitrogens is 2. The van der Waals surface area contributed by atoms with Crippen molar-refractivity contribution in [1.82, 2.24) is 14.9 Å². The molecule has 20 heavy (non-hydrogen) atoms. The number of aromatic amines is 1. The van der Waals surface area contributed by atoms with Gasteiger partial charge in [-0.1, -0.05) is 6.07 Å². The lowest BCUT2D eigenvalue weighted by Crippen LogP contribution is -2.37. The van der Waals surface area contributed by atoms with Crippen molar-refractivity contribution in [3.8, 4) is 0 Å². The molecule has 1 aliphatic rings. The van der Waals surface area contributed by atoms with Crippen LogP contribution in [0, 0.1) is 5.82 Å². The third-order valence-corrected chi connectivity index (χ3v) is 4.02. The summed E-state index contributed by atoms with van der Waals surface area (Å²) < 4.78 is 19.6. The lowest BCUT2D eigenvalue weighted by molar-refractivity contribution is -0.0333. The minimum Gasteiger partial charge on any atom is -0.371 e. The molecule has 1 atom stereocenters. The van der Waals surface area contributed by atoms with E-state index in [1.165, 1.54) is 6.07 Å². The van der Waals surface area contributed by atoms with Gasteiger partial charge in [0.25, 0.3) is 0 Å². The van der Waals surface area contributed by atoms with Crippen molar-refractivity contribution >= 4 is 15.9 Å². The second-order valence-electron chi connectivity index (χ2n) is 4.84. The molecule has 3 rings (SSSR count). The minimum absolute atomic E-state index is 0.0245. The first-order valence-electron chi connectivity index (χ1n) is 6.48. The van der Waals surface area contributed by atoms with Gasteiger partial charge in [0.15, 0.2) is 0 Å². The monoisotopic (exact) mass is 339 g/mol. The largest absolute Gasteiger partial charge is 0.371 e. The molecule has 2 aromatic rings. The molecule has 1 aromatic carbocycles. The predicted molar refractivity (Wildman–Crippen MR) is 76.7 cm³/mol. The third kappa shape index (κ3) is 3.08. The lowest BCUT2D eigenvalue weighted by atomic mass is 10.1. The van der Waals surface area contributed by atoms with Crippen LogP contribution in [0.25, 0.3) is 0 Å².